The number of carbonyl (C=O) groups is 1. The van der Waals surface area contributed by atoms with Crippen LogP contribution in [0.5, 0.6) is 0 Å². The monoisotopic (exact) mass is 265 g/mol. The Kier molecular flexibility index (Phi) is 3.86. The number of aromatic nitrogens is 2. The van der Waals surface area contributed by atoms with Gasteiger partial charge in [0, 0.05) is 5.56 Å². The van der Waals surface area contributed by atoms with Gasteiger partial charge in [-0.2, -0.15) is 4.98 Å². The number of nitrogens with zero attached hydrogens (tertiary/aromatic N) is 2. The first-order valence-electron chi connectivity index (χ1n) is 5.64. The molecule has 3 N–H and O–H groups in total. The molecule has 1 atom stereocenters. The van der Waals surface area contributed by atoms with Gasteiger partial charge in [-0.05, 0) is 37.2 Å². The predicted octanol–water partition coefficient (Wildman–Crippen LogP) is 1.39. The second kappa shape index (κ2) is 5.57. The summed E-state index contributed by atoms with van der Waals surface area (Å²) in [4.78, 5) is 15.1. The lowest BCUT2D eigenvalue weighted by Gasteiger charge is -2.04. The van der Waals surface area contributed by atoms with E-state index in [0.717, 1.165) is 0 Å². The largest absolute Gasteiger partial charge is 0.481 e. The van der Waals surface area contributed by atoms with Crippen LogP contribution in [0.1, 0.15) is 18.2 Å². The molecule has 1 aromatic carbocycles. The van der Waals surface area contributed by atoms with E-state index in [4.69, 9.17) is 15.4 Å². The van der Waals surface area contributed by atoms with Gasteiger partial charge in [-0.15, -0.1) is 0 Å². The van der Waals surface area contributed by atoms with Gasteiger partial charge in [0.1, 0.15) is 11.7 Å². The summed E-state index contributed by atoms with van der Waals surface area (Å²) in [5.74, 6) is -2.15. The molecule has 7 heteroatoms. The lowest BCUT2D eigenvalue weighted by Crippen LogP contribution is -2.16. The van der Waals surface area contributed by atoms with E-state index < -0.39 is 11.9 Å². The van der Waals surface area contributed by atoms with Crippen LogP contribution in [0.2, 0.25) is 0 Å². The van der Waals surface area contributed by atoms with Crippen molar-refractivity contribution in [3.05, 3.63) is 36.0 Å². The number of carboxylic acids is 1. The molecule has 2 rings (SSSR count). The smallest absolute Gasteiger partial charge is 0.316 e. The molecule has 0 saturated carbocycles. The molecule has 19 heavy (non-hydrogen) atoms. The molecule has 0 aliphatic carbocycles. The molecular formula is C12H12FN3O3. The van der Waals surface area contributed by atoms with Crippen molar-refractivity contribution in [3.63, 3.8) is 0 Å². The molecule has 0 spiro atoms. The third kappa shape index (κ3) is 2.94. The van der Waals surface area contributed by atoms with Gasteiger partial charge in [0.05, 0.1) is 0 Å². The van der Waals surface area contributed by atoms with Gasteiger partial charge in [-0.1, -0.05) is 5.16 Å². The highest BCUT2D eigenvalue weighted by Gasteiger charge is 2.25. The van der Waals surface area contributed by atoms with Crippen molar-refractivity contribution in [1.82, 2.24) is 10.1 Å². The van der Waals surface area contributed by atoms with Gasteiger partial charge >= 0.3 is 5.97 Å². The van der Waals surface area contributed by atoms with Crippen LogP contribution in [0.4, 0.5) is 4.39 Å². The van der Waals surface area contributed by atoms with E-state index in [9.17, 15) is 9.18 Å². The topological polar surface area (TPSA) is 102 Å². The summed E-state index contributed by atoms with van der Waals surface area (Å²) in [5, 5.41) is 12.7. The summed E-state index contributed by atoms with van der Waals surface area (Å²) in [6.07, 6.45) is 0.209. The number of hydrogen-bond donors (Lipinski definition) is 2. The molecule has 2 aromatic rings. The second-order valence-corrected chi connectivity index (χ2v) is 3.93. The zero-order valence-corrected chi connectivity index (χ0v) is 9.91. The maximum absolute atomic E-state index is 12.8. The van der Waals surface area contributed by atoms with Crippen molar-refractivity contribution < 1.29 is 18.8 Å². The van der Waals surface area contributed by atoms with Crippen molar-refractivity contribution in [3.8, 4) is 11.4 Å². The SMILES string of the molecule is NCCC(C(=O)O)c1nc(-c2ccc(F)cc2)no1. The fourth-order valence-electron chi connectivity index (χ4n) is 1.61. The highest BCUT2D eigenvalue weighted by molar-refractivity contribution is 5.74. The first-order chi connectivity index (χ1) is 9.11. The predicted molar refractivity (Wildman–Crippen MR) is 63.7 cm³/mol. The van der Waals surface area contributed by atoms with Gasteiger partial charge in [0.25, 0.3) is 0 Å². The number of aliphatic carboxylic acids is 1. The highest BCUT2D eigenvalue weighted by Crippen LogP contribution is 2.22. The number of halogens is 1. The Bertz CT molecular complexity index is 568. The summed E-state index contributed by atoms with van der Waals surface area (Å²) in [7, 11) is 0. The zero-order valence-electron chi connectivity index (χ0n) is 9.91. The Balaban J connectivity index is 2.27. The maximum atomic E-state index is 12.8. The van der Waals surface area contributed by atoms with Gasteiger partial charge in [0.2, 0.25) is 11.7 Å². The first-order valence-corrected chi connectivity index (χ1v) is 5.64. The Morgan fingerprint density at radius 3 is 2.68 bits per heavy atom. The minimum Gasteiger partial charge on any atom is -0.481 e. The quantitative estimate of drug-likeness (QED) is 0.847. The zero-order chi connectivity index (χ0) is 13.8. The van der Waals surface area contributed by atoms with Gasteiger partial charge in [-0.3, -0.25) is 4.79 Å². The molecule has 1 aromatic heterocycles. The summed E-state index contributed by atoms with van der Waals surface area (Å²) < 4.78 is 17.7. The second-order valence-electron chi connectivity index (χ2n) is 3.93. The summed E-state index contributed by atoms with van der Waals surface area (Å²) in [5.41, 5.74) is 5.89. The Labute approximate surface area is 108 Å². The lowest BCUT2D eigenvalue weighted by molar-refractivity contribution is -0.139. The van der Waals surface area contributed by atoms with E-state index in [2.05, 4.69) is 10.1 Å². The van der Waals surface area contributed by atoms with Crippen LogP contribution in [0.25, 0.3) is 11.4 Å². The molecule has 0 saturated heterocycles. The molecule has 0 aliphatic rings. The lowest BCUT2D eigenvalue weighted by atomic mass is 10.1. The molecule has 0 aliphatic heterocycles. The minimum absolute atomic E-state index is 0.00252. The molecule has 0 radical (unpaired) electrons. The Morgan fingerprint density at radius 2 is 2.11 bits per heavy atom. The van der Waals surface area contributed by atoms with E-state index in [1.165, 1.54) is 24.3 Å². The van der Waals surface area contributed by atoms with Crippen LogP contribution in [0.15, 0.2) is 28.8 Å². The fraction of sp³-hybridized carbons (Fsp3) is 0.250. The molecule has 0 fully saturated rings. The third-order valence-electron chi connectivity index (χ3n) is 2.60. The number of benzene rings is 1. The minimum atomic E-state index is -1.07. The van der Waals surface area contributed by atoms with Crippen molar-refractivity contribution in [2.45, 2.75) is 12.3 Å². The summed E-state index contributed by atoms with van der Waals surface area (Å²) in [6.45, 7) is 0.200. The Hall–Kier alpha value is -2.28. The van der Waals surface area contributed by atoms with Crippen molar-refractivity contribution >= 4 is 5.97 Å². The number of rotatable bonds is 5. The molecule has 100 valence electrons. The van der Waals surface area contributed by atoms with E-state index in [1.807, 2.05) is 0 Å². The van der Waals surface area contributed by atoms with Crippen LogP contribution < -0.4 is 5.73 Å². The highest BCUT2D eigenvalue weighted by atomic mass is 19.1. The third-order valence-corrected chi connectivity index (χ3v) is 2.60. The van der Waals surface area contributed by atoms with Gasteiger partial charge in [-0.25, -0.2) is 4.39 Å². The van der Waals surface area contributed by atoms with E-state index in [0.29, 0.717) is 5.56 Å². The van der Waals surface area contributed by atoms with Crippen molar-refractivity contribution in [2.75, 3.05) is 6.54 Å². The summed E-state index contributed by atoms with van der Waals surface area (Å²) in [6, 6.07) is 5.51. The van der Waals surface area contributed by atoms with Gasteiger partial charge < -0.3 is 15.4 Å². The first kappa shape index (κ1) is 13.2. The van der Waals surface area contributed by atoms with Crippen LogP contribution >= 0.6 is 0 Å². The number of nitrogens with two attached hydrogens (primary N) is 1. The van der Waals surface area contributed by atoms with Gasteiger partial charge in [0.15, 0.2) is 0 Å². The molecular weight excluding hydrogens is 253 g/mol. The normalized spacial score (nSPS) is 12.3. The fourth-order valence-corrected chi connectivity index (χ4v) is 1.61. The molecule has 0 bridgehead atoms. The van der Waals surface area contributed by atoms with Crippen molar-refractivity contribution in [2.24, 2.45) is 5.73 Å². The molecule has 1 unspecified atom stereocenters. The average molecular weight is 265 g/mol. The number of carboxylic acid groups (broad SMARTS) is 1. The molecule has 1 heterocycles. The molecule has 0 amide bonds. The molecule has 6 nitrogen and oxygen atoms in total. The van der Waals surface area contributed by atoms with Crippen molar-refractivity contribution in [1.29, 1.82) is 0 Å². The maximum Gasteiger partial charge on any atom is 0.316 e. The number of hydrogen-bond acceptors (Lipinski definition) is 5. The van der Waals surface area contributed by atoms with Crippen LogP contribution in [-0.2, 0) is 4.79 Å². The average Bonchev–Trinajstić information content (AvgIpc) is 2.85. The van der Waals surface area contributed by atoms with E-state index in [1.54, 1.807) is 0 Å². The van der Waals surface area contributed by atoms with Crippen LogP contribution in [0.3, 0.4) is 0 Å². The summed E-state index contributed by atoms with van der Waals surface area (Å²) >= 11 is 0. The van der Waals surface area contributed by atoms with E-state index >= 15 is 0 Å². The Morgan fingerprint density at radius 1 is 1.42 bits per heavy atom. The van der Waals surface area contributed by atoms with Crippen LogP contribution in [-0.4, -0.2) is 27.8 Å². The standard InChI is InChI=1S/C12H12FN3O3/c13-8-3-1-7(2-4-8)10-15-11(19-16-10)9(5-6-14)12(17)18/h1-4,9H,5-6,14H2,(H,17,18). The van der Waals surface area contributed by atoms with Crippen LogP contribution in [0, 0.1) is 5.82 Å². The van der Waals surface area contributed by atoms with E-state index in [-0.39, 0.29) is 30.5 Å².